The molecule has 0 aliphatic rings. The van der Waals surface area contributed by atoms with Gasteiger partial charge in [0.15, 0.2) is 0 Å². The van der Waals surface area contributed by atoms with Gasteiger partial charge in [0.05, 0.1) is 12.0 Å². The number of rotatable bonds is 4. The average molecular weight is 298 g/mol. The Morgan fingerprint density at radius 1 is 1.47 bits per heavy atom. The van der Waals surface area contributed by atoms with Crippen LogP contribution in [0.4, 0.5) is 5.95 Å². The molecule has 0 radical (unpaired) electrons. The number of nitrogens with zero attached hydrogens (tertiary/aromatic N) is 2. The van der Waals surface area contributed by atoms with Gasteiger partial charge in [0.2, 0.25) is 11.8 Å². The first-order valence-electron chi connectivity index (χ1n) is 5.61. The Labute approximate surface area is 119 Å². The van der Waals surface area contributed by atoms with Gasteiger partial charge in [-0.3, -0.25) is 10.1 Å². The summed E-state index contributed by atoms with van der Waals surface area (Å²) in [7, 11) is 1.47. The molecule has 5 nitrogen and oxygen atoms in total. The molecule has 0 aromatic carbocycles. The molecule has 0 saturated carbocycles. The highest BCUT2D eigenvalue weighted by Gasteiger charge is 2.12. The van der Waals surface area contributed by atoms with E-state index in [0.717, 1.165) is 11.3 Å². The lowest BCUT2D eigenvalue weighted by molar-refractivity contribution is 0.102. The van der Waals surface area contributed by atoms with Crippen molar-refractivity contribution in [3.63, 3.8) is 0 Å². The normalized spacial score (nSPS) is 10.3. The first-order chi connectivity index (χ1) is 9.12. The Balaban J connectivity index is 2.16. The van der Waals surface area contributed by atoms with Gasteiger partial charge in [-0.1, -0.05) is 18.5 Å². The van der Waals surface area contributed by atoms with E-state index in [1.54, 1.807) is 6.07 Å². The smallest absolute Gasteiger partial charge is 0.268 e. The summed E-state index contributed by atoms with van der Waals surface area (Å²) >= 11 is 7.25. The molecule has 7 heteroatoms. The number of aryl methyl sites for hydroxylation is 1. The molecule has 1 amide bonds. The zero-order valence-corrected chi connectivity index (χ0v) is 12.0. The van der Waals surface area contributed by atoms with E-state index in [1.165, 1.54) is 24.5 Å². The van der Waals surface area contributed by atoms with Crippen LogP contribution in [-0.4, -0.2) is 23.0 Å². The van der Waals surface area contributed by atoms with Crippen molar-refractivity contribution in [1.82, 2.24) is 9.97 Å². The van der Waals surface area contributed by atoms with Crippen LogP contribution in [0.3, 0.4) is 0 Å². The number of aromatic nitrogens is 2. The van der Waals surface area contributed by atoms with Crippen LogP contribution in [0.25, 0.3) is 0 Å². The van der Waals surface area contributed by atoms with Crippen molar-refractivity contribution >= 4 is 34.8 Å². The van der Waals surface area contributed by atoms with E-state index in [-0.39, 0.29) is 17.0 Å². The molecule has 0 saturated heterocycles. The van der Waals surface area contributed by atoms with E-state index < -0.39 is 0 Å². The standard InChI is InChI=1S/C12H12ClN3O2S/c1-3-7-4-5-8(19-7)11(17)16-12-14-9(13)6-10(15-12)18-2/h4-6H,3H2,1-2H3,(H,14,15,16,17). The molecular weight excluding hydrogens is 286 g/mol. The van der Waals surface area contributed by atoms with Gasteiger partial charge in [0, 0.05) is 10.9 Å². The predicted molar refractivity (Wildman–Crippen MR) is 75.2 cm³/mol. The Morgan fingerprint density at radius 2 is 2.26 bits per heavy atom. The molecule has 100 valence electrons. The summed E-state index contributed by atoms with van der Waals surface area (Å²) in [5.74, 6) is 0.172. The molecule has 2 rings (SSSR count). The molecule has 2 aromatic heterocycles. The summed E-state index contributed by atoms with van der Waals surface area (Å²) in [6, 6.07) is 5.18. The van der Waals surface area contributed by atoms with Crippen LogP contribution >= 0.6 is 22.9 Å². The largest absolute Gasteiger partial charge is 0.481 e. The van der Waals surface area contributed by atoms with Crippen LogP contribution in [0.5, 0.6) is 5.88 Å². The second kappa shape index (κ2) is 5.99. The lowest BCUT2D eigenvalue weighted by Gasteiger charge is -2.04. The maximum Gasteiger partial charge on any atom is 0.268 e. The highest BCUT2D eigenvalue weighted by Crippen LogP contribution is 2.19. The molecule has 2 aromatic rings. The molecule has 0 aliphatic carbocycles. The van der Waals surface area contributed by atoms with Crippen LogP contribution in [0.1, 0.15) is 21.5 Å². The minimum atomic E-state index is -0.256. The number of amides is 1. The Kier molecular flexibility index (Phi) is 4.34. The predicted octanol–water partition coefficient (Wildman–Crippen LogP) is 3.01. The van der Waals surface area contributed by atoms with E-state index in [1.807, 2.05) is 13.0 Å². The zero-order valence-electron chi connectivity index (χ0n) is 10.4. The number of carbonyl (C=O) groups is 1. The molecular formula is C12H12ClN3O2S. The number of carbonyl (C=O) groups excluding carboxylic acids is 1. The number of hydrogen-bond acceptors (Lipinski definition) is 5. The van der Waals surface area contributed by atoms with E-state index in [2.05, 4.69) is 15.3 Å². The van der Waals surface area contributed by atoms with Crippen molar-refractivity contribution in [1.29, 1.82) is 0 Å². The van der Waals surface area contributed by atoms with Crippen LogP contribution in [-0.2, 0) is 6.42 Å². The number of anilines is 1. The van der Waals surface area contributed by atoms with Crippen molar-refractivity contribution in [2.24, 2.45) is 0 Å². The molecule has 0 spiro atoms. The van der Waals surface area contributed by atoms with Gasteiger partial charge in [0.25, 0.3) is 5.91 Å². The number of nitrogens with one attached hydrogen (secondary N) is 1. The minimum Gasteiger partial charge on any atom is -0.481 e. The Morgan fingerprint density at radius 3 is 2.89 bits per heavy atom. The van der Waals surface area contributed by atoms with Crippen LogP contribution in [0.2, 0.25) is 5.15 Å². The first kappa shape index (κ1) is 13.8. The summed E-state index contributed by atoms with van der Waals surface area (Å²) in [6.07, 6.45) is 0.902. The molecule has 19 heavy (non-hydrogen) atoms. The van der Waals surface area contributed by atoms with Gasteiger partial charge in [-0.05, 0) is 18.6 Å². The molecule has 2 heterocycles. The van der Waals surface area contributed by atoms with Gasteiger partial charge in [-0.25, -0.2) is 4.98 Å². The van der Waals surface area contributed by atoms with Crippen molar-refractivity contribution in [3.8, 4) is 5.88 Å². The van der Waals surface area contributed by atoms with E-state index in [9.17, 15) is 4.79 Å². The van der Waals surface area contributed by atoms with Gasteiger partial charge in [-0.15, -0.1) is 11.3 Å². The molecule has 0 atom stereocenters. The Bertz CT molecular complexity index is 600. The number of ether oxygens (including phenoxy) is 1. The van der Waals surface area contributed by atoms with Gasteiger partial charge in [-0.2, -0.15) is 4.98 Å². The SMILES string of the molecule is CCc1ccc(C(=O)Nc2nc(Cl)cc(OC)n2)s1. The number of halogens is 1. The summed E-state index contributed by atoms with van der Waals surface area (Å²) in [5, 5.41) is 2.81. The van der Waals surface area contributed by atoms with Crippen LogP contribution < -0.4 is 10.1 Å². The fourth-order valence-electron chi connectivity index (χ4n) is 1.41. The fraction of sp³-hybridized carbons (Fsp3) is 0.250. The maximum absolute atomic E-state index is 12.0. The summed E-state index contributed by atoms with van der Waals surface area (Å²) in [4.78, 5) is 21.7. The molecule has 0 fully saturated rings. The van der Waals surface area contributed by atoms with Crippen molar-refractivity contribution in [3.05, 3.63) is 33.1 Å². The topological polar surface area (TPSA) is 64.1 Å². The minimum absolute atomic E-state index is 0.126. The van der Waals surface area contributed by atoms with Gasteiger partial charge < -0.3 is 4.74 Å². The summed E-state index contributed by atoms with van der Waals surface area (Å²) in [5.41, 5.74) is 0. The first-order valence-corrected chi connectivity index (χ1v) is 6.80. The second-order valence-corrected chi connectivity index (χ2v) is 5.19. The van der Waals surface area contributed by atoms with Crippen LogP contribution in [0.15, 0.2) is 18.2 Å². The van der Waals surface area contributed by atoms with Crippen molar-refractivity contribution in [2.75, 3.05) is 12.4 Å². The highest BCUT2D eigenvalue weighted by atomic mass is 35.5. The quantitative estimate of drug-likeness (QED) is 0.881. The third kappa shape index (κ3) is 3.42. The molecule has 0 bridgehead atoms. The fourth-order valence-corrected chi connectivity index (χ4v) is 2.43. The zero-order chi connectivity index (χ0) is 13.8. The maximum atomic E-state index is 12.0. The third-order valence-corrected chi connectivity index (χ3v) is 3.76. The van der Waals surface area contributed by atoms with E-state index >= 15 is 0 Å². The summed E-state index contributed by atoms with van der Waals surface area (Å²) < 4.78 is 4.96. The lowest BCUT2D eigenvalue weighted by atomic mass is 10.3. The number of methoxy groups -OCH3 is 1. The van der Waals surface area contributed by atoms with Crippen molar-refractivity contribution < 1.29 is 9.53 Å². The number of hydrogen-bond donors (Lipinski definition) is 1. The van der Waals surface area contributed by atoms with E-state index in [0.29, 0.717) is 10.8 Å². The lowest BCUT2D eigenvalue weighted by Crippen LogP contribution is -2.13. The van der Waals surface area contributed by atoms with Crippen molar-refractivity contribution in [2.45, 2.75) is 13.3 Å². The Hall–Kier alpha value is -1.66. The molecule has 1 N–H and O–H groups in total. The highest BCUT2D eigenvalue weighted by molar-refractivity contribution is 7.14. The third-order valence-electron chi connectivity index (χ3n) is 2.34. The number of thiophene rings is 1. The van der Waals surface area contributed by atoms with E-state index in [4.69, 9.17) is 16.3 Å². The molecule has 0 unspecified atom stereocenters. The molecule has 0 aliphatic heterocycles. The monoisotopic (exact) mass is 297 g/mol. The average Bonchev–Trinajstić information content (AvgIpc) is 2.86. The second-order valence-electron chi connectivity index (χ2n) is 3.63. The van der Waals surface area contributed by atoms with Crippen LogP contribution in [0, 0.1) is 0 Å². The van der Waals surface area contributed by atoms with Gasteiger partial charge in [0.1, 0.15) is 5.15 Å². The van der Waals surface area contributed by atoms with Gasteiger partial charge >= 0.3 is 0 Å². The summed E-state index contributed by atoms with van der Waals surface area (Å²) in [6.45, 7) is 2.04.